The summed E-state index contributed by atoms with van der Waals surface area (Å²) in [5.41, 5.74) is 0.227. The van der Waals surface area contributed by atoms with Crippen molar-refractivity contribution in [2.24, 2.45) is 5.41 Å². The van der Waals surface area contributed by atoms with Crippen molar-refractivity contribution in [3.63, 3.8) is 0 Å². The van der Waals surface area contributed by atoms with Crippen molar-refractivity contribution in [2.45, 2.75) is 38.3 Å². The van der Waals surface area contributed by atoms with E-state index in [9.17, 15) is 8.42 Å². The van der Waals surface area contributed by atoms with Crippen molar-refractivity contribution in [2.75, 3.05) is 64.6 Å². The van der Waals surface area contributed by atoms with Gasteiger partial charge in [-0.15, -0.1) is 0 Å². The number of anilines is 1. The molecule has 2 aromatic heterocycles. The maximum atomic E-state index is 17.0. The minimum absolute atomic E-state index is 0.0111. The number of benzene rings is 2. The van der Waals surface area contributed by atoms with Crippen molar-refractivity contribution in [3.8, 4) is 23.0 Å². The van der Waals surface area contributed by atoms with Gasteiger partial charge < -0.3 is 29.2 Å². The topological polar surface area (TPSA) is 134 Å². The van der Waals surface area contributed by atoms with Crippen LogP contribution < -0.4 is 19.7 Å². The molecule has 2 bridgehead atoms. The third-order valence-corrected chi connectivity index (χ3v) is 9.62. The van der Waals surface area contributed by atoms with E-state index in [0.717, 1.165) is 6.26 Å². The van der Waals surface area contributed by atoms with E-state index in [2.05, 4.69) is 20.2 Å². The van der Waals surface area contributed by atoms with Crippen LogP contribution in [0.25, 0.3) is 32.9 Å². The molecule has 2 saturated heterocycles. The van der Waals surface area contributed by atoms with Crippen LogP contribution in [0.5, 0.6) is 11.8 Å². The Balaban J connectivity index is 1.35. The predicted molar refractivity (Wildman–Crippen MR) is 174 cm³/mol. The first-order valence-electron chi connectivity index (χ1n) is 15.9. The lowest BCUT2D eigenvalue weighted by atomic mass is 9.94. The SMILES string of the molecule is CCc1c(F)ccc2cc(OCOC)cc(-c3ncc4c(N5CC6COCC(C5)N6)nc(OCC5(COS(C)(=O)=O)CC5)nc4c3F)c12. The third-order valence-electron chi connectivity index (χ3n) is 9.07. The number of ether oxygens (including phenoxy) is 4. The van der Waals surface area contributed by atoms with Gasteiger partial charge in [0.15, 0.2) is 12.6 Å². The molecule has 4 heterocycles. The average molecular weight is 686 g/mol. The van der Waals surface area contributed by atoms with Crippen LogP contribution in [0.3, 0.4) is 0 Å². The second-order valence-electron chi connectivity index (χ2n) is 12.8. The van der Waals surface area contributed by atoms with Gasteiger partial charge in [0.05, 0.1) is 38.1 Å². The van der Waals surface area contributed by atoms with Crippen molar-refractivity contribution in [1.82, 2.24) is 20.3 Å². The second-order valence-corrected chi connectivity index (χ2v) is 14.4. The molecule has 15 heteroatoms. The van der Waals surface area contributed by atoms with Gasteiger partial charge in [0, 0.05) is 49.5 Å². The van der Waals surface area contributed by atoms with Crippen molar-refractivity contribution in [1.29, 1.82) is 0 Å². The van der Waals surface area contributed by atoms with E-state index in [-0.39, 0.29) is 49.3 Å². The van der Waals surface area contributed by atoms with Gasteiger partial charge in [-0.25, -0.2) is 8.78 Å². The highest BCUT2D eigenvalue weighted by Gasteiger charge is 2.45. The largest absolute Gasteiger partial charge is 0.468 e. The summed E-state index contributed by atoms with van der Waals surface area (Å²) < 4.78 is 83.1. The highest BCUT2D eigenvalue weighted by molar-refractivity contribution is 7.85. The third kappa shape index (κ3) is 6.61. The molecule has 0 amide bonds. The monoisotopic (exact) mass is 685 g/mol. The summed E-state index contributed by atoms with van der Waals surface area (Å²) in [4.78, 5) is 16.0. The van der Waals surface area contributed by atoms with E-state index in [1.54, 1.807) is 24.4 Å². The lowest BCUT2D eigenvalue weighted by Gasteiger charge is -2.42. The van der Waals surface area contributed by atoms with E-state index in [1.807, 2.05) is 6.92 Å². The van der Waals surface area contributed by atoms with Gasteiger partial charge in [-0.2, -0.15) is 18.4 Å². The number of rotatable bonds is 12. The molecule has 1 aliphatic carbocycles. The molecule has 3 fully saturated rings. The smallest absolute Gasteiger partial charge is 0.319 e. The zero-order chi connectivity index (χ0) is 33.6. The lowest BCUT2D eigenvalue weighted by molar-refractivity contribution is 0.0374. The first kappa shape index (κ1) is 32.8. The summed E-state index contributed by atoms with van der Waals surface area (Å²) in [7, 11) is -2.14. The average Bonchev–Trinajstić information content (AvgIpc) is 3.85. The Labute approximate surface area is 276 Å². The zero-order valence-corrected chi connectivity index (χ0v) is 27.7. The molecule has 3 aliphatic rings. The Hall–Kier alpha value is -3.76. The van der Waals surface area contributed by atoms with E-state index in [0.29, 0.717) is 84.4 Å². The maximum absolute atomic E-state index is 17.0. The Kier molecular flexibility index (Phi) is 8.83. The standard InChI is InChI=1S/C33H37F2N5O7S/c1-4-23-26(34)6-5-19-9-22(46-18-43-2)10-24(27(19)23)29-28(35)30-25(11-36-29)31(40-12-20-14-44-15-21(13-40)37-20)39-32(38-30)45-16-33(7-8-33)17-47-48(3,41)42/h5-6,9-11,20-21,37H,4,7-8,12-18H2,1-3H3. The molecule has 0 radical (unpaired) electrons. The maximum Gasteiger partial charge on any atom is 0.319 e. The van der Waals surface area contributed by atoms with Gasteiger partial charge in [0.1, 0.15) is 28.6 Å². The molecular weight excluding hydrogens is 648 g/mol. The Bertz CT molecular complexity index is 1970. The fourth-order valence-corrected chi connectivity index (χ4v) is 6.94. The van der Waals surface area contributed by atoms with Crippen LogP contribution in [-0.4, -0.2) is 95.1 Å². The molecule has 7 rings (SSSR count). The Morgan fingerprint density at radius 2 is 1.85 bits per heavy atom. The van der Waals surface area contributed by atoms with Gasteiger partial charge >= 0.3 is 6.01 Å². The highest BCUT2D eigenvalue weighted by atomic mass is 32.2. The molecular formula is C33H37F2N5O7S. The van der Waals surface area contributed by atoms with Gasteiger partial charge in [0.2, 0.25) is 0 Å². The minimum atomic E-state index is -3.63. The van der Waals surface area contributed by atoms with Gasteiger partial charge in [0.25, 0.3) is 10.1 Å². The predicted octanol–water partition coefficient (Wildman–Crippen LogP) is 3.98. The first-order valence-corrected chi connectivity index (χ1v) is 17.7. The number of hydrogen-bond acceptors (Lipinski definition) is 12. The molecule has 1 N–H and O–H groups in total. The number of nitrogens with zero attached hydrogens (tertiary/aromatic N) is 4. The summed E-state index contributed by atoms with van der Waals surface area (Å²) in [6.45, 7) is 4.04. The first-order chi connectivity index (χ1) is 23.1. The minimum Gasteiger partial charge on any atom is -0.468 e. The quantitative estimate of drug-likeness (QED) is 0.171. The summed E-state index contributed by atoms with van der Waals surface area (Å²) >= 11 is 0. The molecule has 0 spiro atoms. The molecule has 2 unspecified atom stereocenters. The number of nitrogens with one attached hydrogen (secondary N) is 1. The van der Waals surface area contributed by atoms with Crippen LogP contribution in [0.1, 0.15) is 25.3 Å². The van der Waals surface area contributed by atoms with E-state index >= 15 is 8.78 Å². The van der Waals surface area contributed by atoms with Crippen LogP contribution >= 0.6 is 0 Å². The number of halogens is 2. The number of aromatic nitrogens is 3. The number of piperazine rings is 1. The van der Waals surface area contributed by atoms with Crippen LogP contribution in [0.4, 0.5) is 14.6 Å². The van der Waals surface area contributed by atoms with E-state index < -0.39 is 27.2 Å². The van der Waals surface area contributed by atoms with Crippen molar-refractivity contribution < 1.29 is 40.3 Å². The van der Waals surface area contributed by atoms with E-state index in [4.69, 9.17) is 28.1 Å². The number of fused-ring (bicyclic) bond motifs is 4. The summed E-state index contributed by atoms with van der Waals surface area (Å²) in [5.74, 6) is -0.258. The van der Waals surface area contributed by atoms with Gasteiger partial charge in [-0.05, 0) is 53.8 Å². The molecule has 4 aromatic rings. The van der Waals surface area contributed by atoms with Crippen LogP contribution in [-0.2, 0) is 30.2 Å². The zero-order valence-electron chi connectivity index (χ0n) is 26.9. The number of hydrogen-bond donors (Lipinski definition) is 1. The molecule has 2 aromatic carbocycles. The highest BCUT2D eigenvalue weighted by Crippen LogP contribution is 2.46. The lowest BCUT2D eigenvalue weighted by Crippen LogP contribution is -2.63. The summed E-state index contributed by atoms with van der Waals surface area (Å²) in [6.07, 6.45) is 4.33. The molecule has 2 aliphatic heterocycles. The molecule has 12 nitrogen and oxygen atoms in total. The normalized spacial score (nSPS) is 20.3. The number of methoxy groups -OCH3 is 1. The van der Waals surface area contributed by atoms with Crippen LogP contribution in [0.2, 0.25) is 0 Å². The molecule has 48 heavy (non-hydrogen) atoms. The number of pyridine rings is 1. The molecule has 256 valence electrons. The number of morpholine rings is 1. The van der Waals surface area contributed by atoms with Crippen LogP contribution in [0, 0.1) is 17.0 Å². The van der Waals surface area contributed by atoms with Gasteiger partial charge in [-0.1, -0.05) is 13.0 Å². The van der Waals surface area contributed by atoms with Gasteiger partial charge in [-0.3, -0.25) is 9.17 Å². The molecule has 1 saturated carbocycles. The molecule has 2 atom stereocenters. The fraction of sp³-hybridized carbons (Fsp3) is 0.485. The summed E-state index contributed by atoms with van der Waals surface area (Å²) in [5, 5.41) is 5.12. The second kappa shape index (κ2) is 12.9. The van der Waals surface area contributed by atoms with Crippen molar-refractivity contribution in [3.05, 3.63) is 47.7 Å². The van der Waals surface area contributed by atoms with Crippen molar-refractivity contribution >= 4 is 37.6 Å². The van der Waals surface area contributed by atoms with Crippen LogP contribution in [0.15, 0.2) is 30.5 Å². The fourth-order valence-electron chi connectivity index (χ4n) is 6.48. The Morgan fingerprint density at radius 1 is 1.08 bits per heavy atom. The van der Waals surface area contributed by atoms with E-state index in [1.165, 1.54) is 13.2 Å². The Morgan fingerprint density at radius 3 is 2.54 bits per heavy atom. The summed E-state index contributed by atoms with van der Waals surface area (Å²) in [6, 6.07) is 6.46. The number of aryl methyl sites for hydroxylation is 1.